The number of ether oxygens (including phenoxy) is 4. The second kappa shape index (κ2) is 77.3. The number of aliphatic hydroxyl groups is 1. The van der Waals surface area contributed by atoms with Crippen molar-refractivity contribution in [2.45, 2.75) is 303 Å². The van der Waals surface area contributed by atoms with Crippen LogP contribution in [0.5, 0.6) is 0 Å². The lowest BCUT2D eigenvalue weighted by atomic mass is 10.1. The van der Waals surface area contributed by atoms with E-state index in [2.05, 4.69) is 192 Å². The van der Waals surface area contributed by atoms with Crippen LogP contribution in [0.3, 0.4) is 0 Å². The number of allylic oxidation sites excluding steroid dienone is 30. The molecule has 19 heteroatoms. The molecule has 0 aliphatic rings. The summed E-state index contributed by atoms with van der Waals surface area (Å²) in [5, 5.41) is 10.6. The predicted molar refractivity (Wildman–Crippen MR) is 436 cm³/mol. The van der Waals surface area contributed by atoms with Gasteiger partial charge in [0, 0.05) is 25.7 Å². The van der Waals surface area contributed by atoms with E-state index in [1.807, 2.05) is 18.2 Å². The molecular weight excluding hydrogens is 1380 g/mol. The van der Waals surface area contributed by atoms with Crippen LogP contribution in [0.2, 0.25) is 0 Å². The van der Waals surface area contributed by atoms with Crippen molar-refractivity contribution < 1.29 is 80.2 Å². The Bertz CT molecular complexity index is 2730. The lowest BCUT2D eigenvalue weighted by molar-refractivity contribution is -0.161. The third-order valence-electron chi connectivity index (χ3n) is 15.9. The lowest BCUT2D eigenvalue weighted by Gasteiger charge is -2.21. The van der Waals surface area contributed by atoms with Crippen LogP contribution in [0.15, 0.2) is 182 Å². The largest absolute Gasteiger partial charge is 0.472 e. The van der Waals surface area contributed by atoms with Crippen molar-refractivity contribution in [1.82, 2.24) is 0 Å². The summed E-state index contributed by atoms with van der Waals surface area (Å²) in [6.45, 7) is 4.34. The Morgan fingerprint density at radius 1 is 0.274 bits per heavy atom. The SMILES string of the molecule is CC/C=C\C/C=C\C/C=C\C/C=C\C/C=C\C/C=C\CCC(=O)OCC(COP(=O)(O)OCC(O)COP(=O)(O)OCC(COC(=O)CCCC/C=C\C/C=C\C/C=C\C/C=C\CC)OC(=O)CCCCCCC/C=C\CCCCCCCC)OC(=O)CCCCCC/C=C\C/C=C\C/C=C\C/C=C\CC. The van der Waals surface area contributed by atoms with Gasteiger partial charge in [0.05, 0.1) is 26.4 Å². The fourth-order valence-electron chi connectivity index (χ4n) is 9.87. The van der Waals surface area contributed by atoms with Crippen LogP contribution < -0.4 is 0 Å². The first-order chi connectivity index (χ1) is 51.7. The van der Waals surface area contributed by atoms with E-state index in [0.29, 0.717) is 32.1 Å². The summed E-state index contributed by atoms with van der Waals surface area (Å²) in [7, 11) is -10.0. The third-order valence-corrected chi connectivity index (χ3v) is 17.8. The number of phosphoric acid groups is 2. The van der Waals surface area contributed by atoms with Crippen molar-refractivity contribution >= 4 is 39.5 Å². The maximum atomic E-state index is 13.1. The van der Waals surface area contributed by atoms with Gasteiger partial charge in [0.15, 0.2) is 12.2 Å². The summed E-state index contributed by atoms with van der Waals surface area (Å²) < 4.78 is 68.5. The van der Waals surface area contributed by atoms with Crippen molar-refractivity contribution in [3.63, 3.8) is 0 Å². The van der Waals surface area contributed by atoms with Crippen LogP contribution in [-0.2, 0) is 65.4 Å². The first kappa shape index (κ1) is 100. The van der Waals surface area contributed by atoms with Crippen LogP contribution in [-0.4, -0.2) is 96.7 Å². The Morgan fingerprint density at radius 2 is 0.509 bits per heavy atom. The van der Waals surface area contributed by atoms with Crippen molar-refractivity contribution in [3.8, 4) is 0 Å². The molecule has 106 heavy (non-hydrogen) atoms. The fraction of sp³-hybridized carbons (Fsp3) is 0.609. The molecule has 0 amide bonds. The second-order valence-electron chi connectivity index (χ2n) is 25.9. The van der Waals surface area contributed by atoms with Crippen LogP contribution >= 0.6 is 15.6 Å². The zero-order chi connectivity index (χ0) is 77.4. The molecule has 3 N–H and O–H groups in total. The summed E-state index contributed by atoms with van der Waals surface area (Å²) >= 11 is 0. The van der Waals surface area contributed by atoms with Gasteiger partial charge >= 0.3 is 39.5 Å². The van der Waals surface area contributed by atoms with Gasteiger partial charge in [-0.25, -0.2) is 9.13 Å². The van der Waals surface area contributed by atoms with Gasteiger partial charge in [-0.1, -0.05) is 274 Å². The minimum absolute atomic E-state index is 0.0225. The van der Waals surface area contributed by atoms with Crippen molar-refractivity contribution in [3.05, 3.63) is 182 Å². The van der Waals surface area contributed by atoms with Gasteiger partial charge in [-0.15, -0.1) is 0 Å². The molecule has 600 valence electrons. The molecule has 0 aromatic heterocycles. The molecule has 0 bridgehead atoms. The molecule has 0 fully saturated rings. The number of unbranched alkanes of at least 4 members (excludes halogenated alkanes) is 17. The average Bonchev–Trinajstić information content (AvgIpc) is 0.902. The van der Waals surface area contributed by atoms with Crippen LogP contribution in [0.4, 0.5) is 0 Å². The summed E-state index contributed by atoms with van der Waals surface area (Å²) in [5.41, 5.74) is 0. The van der Waals surface area contributed by atoms with E-state index >= 15 is 0 Å². The van der Waals surface area contributed by atoms with E-state index in [1.165, 1.54) is 38.5 Å². The highest BCUT2D eigenvalue weighted by Crippen LogP contribution is 2.45. The number of carbonyl (C=O) groups excluding carboxylic acids is 4. The predicted octanol–water partition coefficient (Wildman–Crippen LogP) is 23.6. The van der Waals surface area contributed by atoms with Crippen molar-refractivity contribution in [2.24, 2.45) is 0 Å². The molecule has 0 saturated carbocycles. The van der Waals surface area contributed by atoms with Gasteiger partial charge in [-0.3, -0.25) is 37.3 Å². The van der Waals surface area contributed by atoms with Gasteiger partial charge in [-0.05, 0) is 167 Å². The molecule has 0 aliphatic carbocycles. The molecule has 0 saturated heterocycles. The molecule has 5 atom stereocenters. The van der Waals surface area contributed by atoms with Crippen LogP contribution in [0, 0.1) is 0 Å². The van der Waals surface area contributed by atoms with Crippen molar-refractivity contribution in [2.75, 3.05) is 39.6 Å². The molecule has 0 radical (unpaired) electrons. The Hall–Kier alpha value is -5.84. The topological polar surface area (TPSA) is 237 Å². The molecular formula is C87H140O17P2. The zero-order valence-corrected chi connectivity index (χ0v) is 67.3. The highest BCUT2D eigenvalue weighted by molar-refractivity contribution is 7.47. The highest BCUT2D eigenvalue weighted by Gasteiger charge is 2.30. The minimum Gasteiger partial charge on any atom is -0.462 e. The lowest BCUT2D eigenvalue weighted by Crippen LogP contribution is -2.30. The molecule has 0 aromatic rings. The van der Waals surface area contributed by atoms with Crippen LogP contribution in [0.1, 0.15) is 285 Å². The third kappa shape index (κ3) is 76.4. The Labute approximate surface area is 641 Å². The number of rotatable bonds is 73. The number of phosphoric ester groups is 2. The van der Waals surface area contributed by atoms with E-state index in [0.717, 1.165) is 161 Å². The van der Waals surface area contributed by atoms with E-state index in [-0.39, 0.29) is 25.7 Å². The van der Waals surface area contributed by atoms with Gasteiger partial charge in [0.25, 0.3) is 0 Å². The monoisotopic (exact) mass is 1520 g/mol. The molecule has 0 spiro atoms. The van der Waals surface area contributed by atoms with E-state index in [1.54, 1.807) is 0 Å². The average molecular weight is 1520 g/mol. The fourth-order valence-corrected chi connectivity index (χ4v) is 11.4. The quantitative estimate of drug-likeness (QED) is 0.0169. The smallest absolute Gasteiger partial charge is 0.462 e. The Morgan fingerprint density at radius 3 is 0.840 bits per heavy atom. The standard InChI is InChI=1S/C87H140O17P2/c1-5-9-13-17-21-25-29-33-37-39-40-42-45-48-52-56-60-64-68-72-85(90)98-78-83(104-87(92)74-70-66-62-58-54-50-46-41-38-34-30-26-22-18-14-10-6-2)80-102-106(95,96)100-76-81(88)75-99-105(93,94)101-79-82(103-86(91)73-69-65-61-57-53-49-44-36-32-28-24-20-16-12-8-4)77-97-84(89)71-67-63-59-55-51-47-43-35-31-27-23-19-15-11-7-3/h9-11,13-15,21-23,25-27,33-38,40,42-44,46,48,50-52,55,60,64,81-83,88H,5-8,12,16-20,24,28-32,39,41,45,47,49,53-54,56-59,61-63,65-80H2,1-4H3,(H,93,94)(H,95,96)/b13-9-,14-10-,15-11-,25-21-,26-22-,27-23-,37-33-,38-34-,42-40-,43-35-,44-36-,50-46-,52-48-,55-51-,64-60-. The van der Waals surface area contributed by atoms with Gasteiger partial charge in [0.2, 0.25) is 0 Å². The summed E-state index contributed by atoms with van der Waals surface area (Å²) in [4.78, 5) is 73.0. The number of hydrogen-bond acceptors (Lipinski definition) is 15. The number of hydrogen-bond donors (Lipinski definition) is 3. The van der Waals surface area contributed by atoms with Crippen molar-refractivity contribution in [1.29, 1.82) is 0 Å². The zero-order valence-electron chi connectivity index (χ0n) is 65.5. The Balaban J connectivity index is 5.52. The normalized spacial score (nSPS) is 14.8. The first-order valence-electron chi connectivity index (χ1n) is 40.0. The highest BCUT2D eigenvalue weighted by atomic mass is 31.2. The summed E-state index contributed by atoms with van der Waals surface area (Å²) in [6, 6.07) is 0. The Kier molecular flexibility index (Phi) is 73.1. The molecule has 5 unspecified atom stereocenters. The summed E-state index contributed by atoms with van der Waals surface area (Å²) in [6.07, 6.45) is 93.2. The molecule has 0 aromatic carbocycles. The molecule has 17 nitrogen and oxygen atoms in total. The molecule has 0 rings (SSSR count). The number of carbonyl (C=O) groups is 4. The first-order valence-corrected chi connectivity index (χ1v) is 43.0. The van der Waals surface area contributed by atoms with E-state index in [9.17, 15) is 43.2 Å². The van der Waals surface area contributed by atoms with Gasteiger partial charge in [0.1, 0.15) is 19.3 Å². The maximum Gasteiger partial charge on any atom is 0.472 e. The second-order valence-corrected chi connectivity index (χ2v) is 28.8. The number of esters is 4. The van der Waals surface area contributed by atoms with E-state index < -0.39 is 97.5 Å². The number of aliphatic hydroxyl groups excluding tert-OH is 1. The maximum absolute atomic E-state index is 13.1. The van der Waals surface area contributed by atoms with E-state index in [4.69, 9.17) is 37.0 Å². The summed E-state index contributed by atoms with van der Waals surface area (Å²) in [5.74, 6) is -2.37. The van der Waals surface area contributed by atoms with Crippen LogP contribution in [0.25, 0.3) is 0 Å². The van der Waals surface area contributed by atoms with Gasteiger partial charge in [-0.2, -0.15) is 0 Å². The minimum atomic E-state index is -5.01. The molecule has 0 heterocycles. The van der Waals surface area contributed by atoms with Gasteiger partial charge < -0.3 is 33.8 Å². The molecule has 0 aliphatic heterocycles.